The van der Waals surface area contributed by atoms with E-state index in [0.29, 0.717) is 0 Å². The molecule has 1 aromatic heterocycles. The zero-order chi connectivity index (χ0) is 13.7. The number of benzene rings is 1. The van der Waals surface area contributed by atoms with Gasteiger partial charge in [-0.25, -0.2) is 0 Å². The topological polar surface area (TPSA) is 41.1 Å². The second-order valence-electron chi connectivity index (χ2n) is 4.52. The molecule has 0 radical (unpaired) electrons. The van der Waals surface area contributed by atoms with Crippen molar-refractivity contribution in [3.05, 3.63) is 52.7 Å². The van der Waals surface area contributed by atoms with Crippen LogP contribution in [-0.2, 0) is 4.79 Å². The summed E-state index contributed by atoms with van der Waals surface area (Å²) in [4.78, 5) is 12.0. The second-order valence-corrected chi connectivity index (χ2v) is 5.30. The fraction of sp³-hybridized carbons (Fsp3) is 0.267. The SMILES string of the molecule is CC(NC(C)c1ccsc1)C(=O)Nc1ccccc1. The molecule has 0 saturated heterocycles. The van der Waals surface area contributed by atoms with Crippen molar-refractivity contribution in [3.8, 4) is 0 Å². The Bertz CT molecular complexity index is 510. The summed E-state index contributed by atoms with van der Waals surface area (Å²) >= 11 is 1.67. The lowest BCUT2D eigenvalue weighted by molar-refractivity contribution is -0.117. The molecule has 2 rings (SSSR count). The highest BCUT2D eigenvalue weighted by Crippen LogP contribution is 2.16. The number of nitrogens with one attached hydrogen (secondary N) is 2. The average molecular weight is 274 g/mol. The number of hydrogen-bond donors (Lipinski definition) is 2. The van der Waals surface area contributed by atoms with Gasteiger partial charge in [-0.2, -0.15) is 11.3 Å². The zero-order valence-electron chi connectivity index (χ0n) is 11.1. The van der Waals surface area contributed by atoms with Crippen LogP contribution in [0.2, 0.25) is 0 Å². The van der Waals surface area contributed by atoms with Gasteiger partial charge in [-0.15, -0.1) is 0 Å². The molecule has 0 saturated carbocycles. The van der Waals surface area contributed by atoms with Gasteiger partial charge < -0.3 is 5.32 Å². The van der Waals surface area contributed by atoms with Crippen LogP contribution in [0.25, 0.3) is 0 Å². The molecule has 4 heteroatoms. The van der Waals surface area contributed by atoms with Crippen LogP contribution in [0, 0.1) is 0 Å². The number of carbonyl (C=O) groups excluding carboxylic acids is 1. The Hall–Kier alpha value is -1.65. The minimum Gasteiger partial charge on any atom is -0.325 e. The summed E-state index contributed by atoms with van der Waals surface area (Å²) in [5.41, 5.74) is 2.04. The molecule has 0 bridgehead atoms. The summed E-state index contributed by atoms with van der Waals surface area (Å²) < 4.78 is 0. The van der Waals surface area contributed by atoms with E-state index in [2.05, 4.69) is 29.0 Å². The molecule has 100 valence electrons. The molecule has 1 amide bonds. The van der Waals surface area contributed by atoms with Gasteiger partial charge in [0, 0.05) is 11.7 Å². The van der Waals surface area contributed by atoms with Gasteiger partial charge in [0.2, 0.25) is 5.91 Å². The van der Waals surface area contributed by atoms with Gasteiger partial charge >= 0.3 is 0 Å². The first-order valence-corrected chi connectivity index (χ1v) is 7.25. The minimum absolute atomic E-state index is 0.0201. The predicted octanol–water partition coefficient (Wildman–Crippen LogP) is 3.43. The molecule has 0 aliphatic carbocycles. The highest BCUT2D eigenvalue weighted by molar-refractivity contribution is 7.07. The van der Waals surface area contributed by atoms with Crippen molar-refractivity contribution < 1.29 is 4.79 Å². The molecule has 2 unspecified atom stereocenters. The minimum atomic E-state index is -0.241. The Morgan fingerprint density at radius 3 is 2.53 bits per heavy atom. The molecule has 3 nitrogen and oxygen atoms in total. The van der Waals surface area contributed by atoms with Crippen LogP contribution < -0.4 is 10.6 Å². The second kappa shape index (κ2) is 6.50. The number of carbonyl (C=O) groups is 1. The Morgan fingerprint density at radius 1 is 1.16 bits per heavy atom. The maximum absolute atomic E-state index is 12.0. The van der Waals surface area contributed by atoms with E-state index in [1.165, 1.54) is 5.56 Å². The van der Waals surface area contributed by atoms with Crippen molar-refractivity contribution in [2.45, 2.75) is 25.9 Å². The van der Waals surface area contributed by atoms with Crippen molar-refractivity contribution in [1.82, 2.24) is 5.32 Å². The number of rotatable bonds is 5. The van der Waals surface area contributed by atoms with Gasteiger partial charge in [0.1, 0.15) is 0 Å². The highest BCUT2D eigenvalue weighted by Gasteiger charge is 2.16. The van der Waals surface area contributed by atoms with Crippen LogP contribution in [0.1, 0.15) is 25.5 Å². The Balaban J connectivity index is 1.89. The number of hydrogen-bond acceptors (Lipinski definition) is 3. The van der Waals surface area contributed by atoms with E-state index in [4.69, 9.17) is 0 Å². The van der Waals surface area contributed by atoms with Gasteiger partial charge in [0.25, 0.3) is 0 Å². The van der Waals surface area contributed by atoms with Crippen molar-refractivity contribution in [2.24, 2.45) is 0 Å². The van der Waals surface area contributed by atoms with Gasteiger partial charge in [0.05, 0.1) is 6.04 Å². The zero-order valence-corrected chi connectivity index (χ0v) is 11.9. The summed E-state index contributed by atoms with van der Waals surface area (Å²) in [6, 6.07) is 11.5. The monoisotopic (exact) mass is 274 g/mol. The van der Waals surface area contributed by atoms with Crippen LogP contribution in [0.4, 0.5) is 5.69 Å². The molecule has 0 fully saturated rings. The first-order valence-electron chi connectivity index (χ1n) is 6.31. The summed E-state index contributed by atoms with van der Waals surface area (Å²) in [5, 5.41) is 10.3. The quantitative estimate of drug-likeness (QED) is 0.877. The molecule has 0 aliphatic heterocycles. The van der Waals surface area contributed by atoms with Crippen LogP contribution in [0.3, 0.4) is 0 Å². The lowest BCUT2D eigenvalue weighted by atomic mass is 10.1. The third-order valence-corrected chi connectivity index (χ3v) is 3.68. The van der Waals surface area contributed by atoms with Crippen molar-refractivity contribution >= 4 is 22.9 Å². The average Bonchev–Trinajstić information content (AvgIpc) is 2.93. The molecule has 0 aliphatic rings. The van der Waals surface area contributed by atoms with E-state index in [-0.39, 0.29) is 18.0 Å². The third kappa shape index (κ3) is 3.91. The molecule has 19 heavy (non-hydrogen) atoms. The smallest absolute Gasteiger partial charge is 0.241 e. The van der Waals surface area contributed by atoms with Gasteiger partial charge in [-0.3, -0.25) is 10.1 Å². The maximum Gasteiger partial charge on any atom is 0.241 e. The highest BCUT2D eigenvalue weighted by atomic mass is 32.1. The molecule has 2 aromatic rings. The normalized spacial score (nSPS) is 13.8. The summed E-state index contributed by atoms with van der Waals surface area (Å²) in [7, 11) is 0. The Labute approximate surface area is 117 Å². The standard InChI is InChI=1S/C15H18N2OS/c1-11(13-8-9-19-10-13)16-12(2)15(18)17-14-6-4-3-5-7-14/h3-12,16H,1-2H3,(H,17,18). The van der Waals surface area contributed by atoms with E-state index in [9.17, 15) is 4.79 Å². The summed E-state index contributed by atoms with van der Waals surface area (Å²) in [6.45, 7) is 3.94. The maximum atomic E-state index is 12.0. The van der Waals surface area contributed by atoms with E-state index >= 15 is 0 Å². The van der Waals surface area contributed by atoms with E-state index < -0.39 is 0 Å². The molecule has 1 heterocycles. The van der Waals surface area contributed by atoms with E-state index in [1.807, 2.05) is 42.6 Å². The number of anilines is 1. The molecular formula is C15H18N2OS. The first-order chi connectivity index (χ1) is 9.16. The molecule has 0 spiro atoms. The molecular weight excluding hydrogens is 256 g/mol. The van der Waals surface area contributed by atoms with Crippen LogP contribution in [0.5, 0.6) is 0 Å². The van der Waals surface area contributed by atoms with Crippen LogP contribution >= 0.6 is 11.3 Å². The first kappa shape index (κ1) is 13.8. The number of para-hydroxylation sites is 1. The van der Waals surface area contributed by atoms with E-state index in [0.717, 1.165) is 5.69 Å². The lowest BCUT2D eigenvalue weighted by Gasteiger charge is -2.19. The van der Waals surface area contributed by atoms with E-state index in [1.54, 1.807) is 11.3 Å². The van der Waals surface area contributed by atoms with Gasteiger partial charge in [-0.05, 0) is 48.4 Å². The van der Waals surface area contributed by atoms with Gasteiger partial charge in [-0.1, -0.05) is 18.2 Å². The van der Waals surface area contributed by atoms with Crippen LogP contribution in [0.15, 0.2) is 47.2 Å². The number of thiophene rings is 1. The summed E-state index contributed by atoms with van der Waals surface area (Å²) in [6.07, 6.45) is 0. The molecule has 2 atom stereocenters. The fourth-order valence-electron chi connectivity index (χ4n) is 1.84. The molecule has 2 N–H and O–H groups in total. The van der Waals surface area contributed by atoms with Gasteiger partial charge in [0.15, 0.2) is 0 Å². The number of amides is 1. The van der Waals surface area contributed by atoms with Crippen LogP contribution in [-0.4, -0.2) is 11.9 Å². The Kier molecular flexibility index (Phi) is 4.71. The fourth-order valence-corrected chi connectivity index (χ4v) is 2.59. The van der Waals surface area contributed by atoms with Crippen molar-refractivity contribution in [2.75, 3.05) is 5.32 Å². The lowest BCUT2D eigenvalue weighted by Crippen LogP contribution is -2.39. The van der Waals surface area contributed by atoms with Crippen molar-refractivity contribution in [1.29, 1.82) is 0 Å². The largest absolute Gasteiger partial charge is 0.325 e. The third-order valence-electron chi connectivity index (χ3n) is 2.98. The predicted molar refractivity (Wildman–Crippen MR) is 80.4 cm³/mol. The molecule has 1 aromatic carbocycles. The van der Waals surface area contributed by atoms with Crippen molar-refractivity contribution in [3.63, 3.8) is 0 Å². The Morgan fingerprint density at radius 2 is 1.89 bits per heavy atom. The summed E-state index contributed by atoms with van der Waals surface area (Å²) in [5.74, 6) is -0.0201.